The van der Waals surface area contributed by atoms with Crippen LogP contribution in [-0.4, -0.2) is 29.2 Å². The molecule has 3 atom stereocenters. The van der Waals surface area contributed by atoms with Crippen molar-refractivity contribution < 1.29 is 5.11 Å². The summed E-state index contributed by atoms with van der Waals surface area (Å²) in [5.41, 5.74) is 7.85. The van der Waals surface area contributed by atoms with E-state index in [9.17, 15) is 5.11 Å². The predicted octanol–water partition coefficient (Wildman–Crippen LogP) is 2.57. The minimum atomic E-state index is -0.188. The molecule has 3 heteroatoms. The van der Waals surface area contributed by atoms with Gasteiger partial charge in [0, 0.05) is 17.8 Å². The average Bonchev–Trinajstić information content (AvgIpc) is 2.37. The van der Waals surface area contributed by atoms with Crippen LogP contribution in [0.2, 0.25) is 0 Å². The molecule has 0 aliphatic heterocycles. The summed E-state index contributed by atoms with van der Waals surface area (Å²) in [4.78, 5) is 2.29. The normalized spacial score (nSPS) is 26.2. The SMILES string of the molecule is CC(c1cccc(N)c1)N(C)C1CCCCC1O. The van der Waals surface area contributed by atoms with Crippen molar-refractivity contribution in [1.82, 2.24) is 4.90 Å². The summed E-state index contributed by atoms with van der Waals surface area (Å²) in [6.45, 7) is 2.18. The molecular weight excluding hydrogens is 224 g/mol. The van der Waals surface area contributed by atoms with E-state index in [1.165, 1.54) is 12.0 Å². The Morgan fingerprint density at radius 3 is 2.72 bits per heavy atom. The lowest BCUT2D eigenvalue weighted by atomic mass is 9.90. The van der Waals surface area contributed by atoms with Gasteiger partial charge in [-0.2, -0.15) is 0 Å². The molecule has 0 bridgehead atoms. The standard InChI is InChI=1S/C15H24N2O/c1-11(12-6-5-7-13(16)10-12)17(2)14-8-3-4-9-15(14)18/h5-7,10-11,14-15,18H,3-4,8-9,16H2,1-2H3. The molecule has 1 fully saturated rings. The molecule has 0 saturated heterocycles. The third-order valence-electron chi connectivity index (χ3n) is 4.22. The van der Waals surface area contributed by atoms with Gasteiger partial charge in [-0.25, -0.2) is 0 Å². The molecule has 0 aromatic heterocycles. The van der Waals surface area contributed by atoms with Gasteiger partial charge in [-0.1, -0.05) is 25.0 Å². The summed E-state index contributed by atoms with van der Waals surface area (Å²) in [5.74, 6) is 0. The number of hydrogen-bond donors (Lipinski definition) is 2. The first-order valence-electron chi connectivity index (χ1n) is 6.85. The highest BCUT2D eigenvalue weighted by atomic mass is 16.3. The topological polar surface area (TPSA) is 49.5 Å². The van der Waals surface area contributed by atoms with Gasteiger partial charge in [-0.05, 0) is 44.5 Å². The quantitative estimate of drug-likeness (QED) is 0.808. The number of nitrogens with zero attached hydrogens (tertiary/aromatic N) is 1. The van der Waals surface area contributed by atoms with Gasteiger partial charge in [0.2, 0.25) is 0 Å². The van der Waals surface area contributed by atoms with Crippen LogP contribution in [0, 0.1) is 0 Å². The summed E-state index contributed by atoms with van der Waals surface area (Å²) in [5, 5.41) is 10.1. The number of nitrogens with two attached hydrogens (primary N) is 1. The lowest BCUT2D eigenvalue weighted by Crippen LogP contribution is -2.44. The lowest BCUT2D eigenvalue weighted by molar-refractivity contribution is 0.0155. The second-order valence-corrected chi connectivity index (χ2v) is 5.43. The van der Waals surface area contributed by atoms with E-state index in [1.807, 2.05) is 18.2 Å². The van der Waals surface area contributed by atoms with Crippen LogP contribution in [-0.2, 0) is 0 Å². The minimum Gasteiger partial charge on any atom is -0.399 e. The lowest BCUT2D eigenvalue weighted by Gasteiger charge is -2.38. The third-order valence-corrected chi connectivity index (χ3v) is 4.22. The van der Waals surface area contributed by atoms with Gasteiger partial charge >= 0.3 is 0 Å². The minimum absolute atomic E-state index is 0.188. The maximum absolute atomic E-state index is 10.1. The Morgan fingerprint density at radius 2 is 2.06 bits per heavy atom. The highest BCUT2D eigenvalue weighted by Gasteiger charge is 2.29. The van der Waals surface area contributed by atoms with Crippen molar-refractivity contribution in [2.24, 2.45) is 0 Å². The fourth-order valence-electron chi connectivity index (χ4n) is 2.91. The van der Waals surface area contributed by atoms with E-state index in [1.54, 1.807) is 0 Å². The van der Waals surface area contributed by atoms with Crippen LogP contribution < -0.4 is 5.73 Å². The smallest absolute Gasteiger partial charge is 0.0695 e. The Bertz CT molecular complexity index is 394. The molecule has 0 spiro atoms. The van der Waals surface area contributed by atoms with E-state index >= 15 is 0 Å². The molecule has 0 radical (unpaired) electrons. The molecule has 100 valence electrons. The summed E-state index contributed by atoms with van der Waals surface area (Å²) in [7, 11) is 2.10. The second-order valence-electron chi connectivity index (χ2n) is 5.43. The van der Waals surface area contributed by atoms with Crippen molar-refractivity contribution in [3.63, 3.8) is 0 Å². The monoisotopic (exact) mass is 248 g/mol. The van der Waals surface area contributed by atoms with Gasteiger partial charge in [0.1, 0.15) is 0 Å². The Balaban J connectivity index is 2.10. The number of benzene rings is 1. The van der Waals surface area contributed by atoms with Gasteiger partial charge < -0.3 is 10.8 Å². The van der Waals surface area contributed by atoms with Crippen LogP contribution in [0.1, 0.15) is 44.2 Å². The molecule has 1 aromatic rings. The summed E-state index contributed by atoms with van der Waals surface area (Å²) in [6.07, 6.45) is 4.20. The third kappa shape index (κ3) is 2.85. The van der Waals surface area contributed by atoms with Crippen LogP contribution in [0.4, 0.5) is 5.69 Å². The summed E-state index contributed by atoms with van der Waals surface area (Å²) in [6, 6.07) is 8.59. The average molecular weight is 248 g/mol. The van der Waals surface area contributed by atoms with E-state index < -0.39 is 0 Å². The zero-order valence-electron chi connectivity index (χ0n) is 11.3. The molecular formula is C15H24N2O. The van der Waals surface area contributed by atoms with Gasteiger partial charge in [-0.3, -0.25) is 4.90 Å². The Labute approximate surface area is 110 Å². The number of aliphatic hydroxyl groups is 1. The fourth-order valence-corrected chi connectivity index (χ4v) is 2.91. The van der Waals surface area contributed by atoms with Crippen LogP contribution in [0.25, 0.3) is 0 Å². The van der Waals surface area contributed by atoms with Gasteiger partial charge in [0.05, 0.1) is 6.10 Å². The molecule has 0 amide bonds. The highest BCUT2D eigenvalue weighted by molar-refractivity contribution is 5.41. The second kappa shape index (κ2) is 5.72. The van der Waals surface area contributed by atoms with Crippen LogP contribution in [0.3, 0.4) is 0 Å². The fraction of sp³-hybridized carbons (Fsp3) is 0.600. The molecule has 1 saturated carbocycles. The van der Waals surface area contributed by atoms with Gasteiger partial charge in [0.25, 0.3) is 0 Å². The highest BCUT2D eigenvalue weighted by Crippen LogP contribution is 2.29. The Kier molecular flexibility index (Phi) is 4.25. The molecule has 3 N–H and O–H groups in total. The largest absolute Gasteiger partial charge is 0.399 e. The summed E-state index contributed by atoms with van der Waals surface area (Å²) < 4.78 is 0. The Morgan fingerprint density at radius 1 is 1.33 bits per heavy atom. The number of rotatable bonds is 3. The van der Waals surface area contributed by atoms with Crippen molar-refractivity contribution in [3.8, 4) is 0 Å². The predicted molar refractivity (Wildman–Crippen MR) is 75.3 cm³/mol. The number of hydrogen-bond acceptors (Lipinski definition) is 3. The number of likely N-dealkylation sites (N-methyl/N-ethyl adjacent to an activating group) is 1. The first kappa shape index (κ1) is 13.4. The molecule has 18 heavy (non-hydrogen) atoms. The van der Waals surface area contributed by atoms with Crippen LogP contribution in [0.5, 0.6) is 0 Å². The maximum Gasteiger partial charge on any atom is 0.0695 e. The van der Waals surface area contributed by atoms with E-state index in [-0.39, 0.29) is 18.2 Å². The van der Waals surface area contributed by atoms with E-state index in [0.717, 1.165) is 24.9 Å². The molecule has 1 aliphatic carbocycles. The van der Waals surface area contributed by atoms with E-state index in [0.29, 0.717) is 0 Å². The van der Waals surface area contributed by atoms with Crippen molar-refractivity contribution in [3.05, 3.63) is 29.8 Å². The van der Waals surface area contributed by atoms with Gasteiger partial charge in [0.15, 0.2) is 0 Å². The molecule has 3 nitrogen and oxygen atoms in total. The number of nitrogen functional groups attached to an aromatic ring is 1. The van der Waals surface area contributed by atoms with E-state index in [4.69, 9.17) is 5.73 Å². The summed E-state index contributed by atoms with van der Waals surface area (Å²) >= 11 is 0. The Hall–Kier alpha value is -1.06. The zero-order chi connectivity index (χ0) is 13.1. The molecule has 1 aliphatic rings. The van der Waals surface area contributed by atoms with Crippen molar-refractivity contribution in [1.29, 1.82) is 0 Å². The van der Waals surface area contributed by atoms with E-state index in [2.05, 4.69) is 24.9 Å². The van der Waals surface area contributed by atoms with Crippen molar-refractivity contribution >= 4 is 5.69 Å². The van der Waals surface area contributed by atoms with Crippen LogP contribution in [0.15, 0.2) is 24.3 Å². The van der Waals surface area contributed by atoms with Crippen molar-refractivity contribution in [2.45, 2.75) is 50.8 Å². The number of aliphatic hydroxyl groups excluding tert-OH is 1. The molecule has 1 aromatic carbocycles. The first-order valence-corrected chi connectivity index (χ1v) is 6.85. The molecule has 2 rings (SSSR count). The first-order chi connectivity index (χ1) is 8.59. The van der Waals surface area contributed by atoms with Gasteiger partial charge in [-0.15, -0.1) is 0 Å². The maximum atomic E-state index is 10.1. The molecule has 3 unspecified atom stereocenters. The van der Waals surface area contributed by atoms with Crippen molar-refractivity contribution in [2.75, 3.05) is 12.8 Å². The zero-order valence-corrected chi connectivity index (χ0v) is 11.3. The number of anilines is 1. The van der Waals surface area contributed by atoms with Crippen LogP contribution >= 0.6 is 0 Å². The molecule has 0 heterocycles.